The molecule has 1 aliphatic heterocycles. The molecule has 1 aromatic rings. The normalized spacial score (nSPS) is 20.2. The molecule has 1 unspecified atom stereocenters. The second-order valence-corrected chi connectivity index (χ2v) is 6.70. The molecular weight excluding hydrogens is 302 g/mol. The Hall–Kier alpha value is -0.390. The maximum absolute atomic E-state index is 12.1. The lowest BCUT2D eigenvalue weighted by molar-refractivity contribution is 0.0388. The highest BCUT2D eigenvalue weighted by Gasteiger charge is 2.20. The van der Waals surface area contributed by atoms with E-state index in [9.17, 15) is 4.79 Å². The average molecular weight is 318 g/mol. The fourth-order valence-corrected chi connectivity index (χ4v) is 3.19. The van der Waals surface area contributed by atoms with Crippen molar-refractivity contribution in [3.8, 4) is 0 Å². The molecule has 0 aromatic carbocycles. The minimum atomic E-state index is 0.0949. The predicted molar refractivity (Wildman–Crippen MR) is 72.5 cm³/mol. The molecule has 0 radical (unpaired) electrons. The zero-order valence-corrected chi connectivity index (χ0v) is 12.2. The first-order valence-electron chi connectivity index (χ1n) is 5.74. The lowest BCUT2D eigenvalue weighted by Crippen LogP contribution is -2.34. The Morgan fingerprint density at radius 1 is 1.71 bits per heavy atom. The Morgan fingerprint density at radius 2 is 2.53 bits per heavy atom. The van der Waals surface area contributed by atoms with Crippen molar-refractivity contribution in [3.63, 3.8) is 0 Å². The van der Waals surface area contributed by atoms with E-state index in [0.29, 0.717) is 5.92 Å². The average Bonchev–Trinajstić information content (AvgIpc) is 2.76. The van der Waals surface area contributed by atoms with Crippen molar-refractivity contribution in [1.29, 1.82) is 0 Å². The number of hydrogen-bond acceptors (Lipinski definition) is 3. The number of hydrogen-bond donors (Lipinski definition) is 0. The molecule has 2 heterocycles. The number of ether oxygens (including phenoxy) is 1. The summed E-state index contributed by atoms with van der Waals surface area (Å²) in [6, 6.07) is 1.88. The summed E-state index contributed by atoms with van der Waals surface area (Å²) in [7, 11) is 1.86. The fraction of sp³-hybridized carbons (Fsp3) is 0.583. The zero-order valence-electron chi connectivity index (χ0n) is 9.82. The molecule has 2 rings (SSSR count). The Balaban J connectivity index is 1.90. The standard InChI is InChI=1S/C12H16BrNO2S/c1-14(6-9-3-2-4-16-7-9)12(15)10-5-11(13)17-8-10/h5,8-9H,2-4,6-7H2,1H3. The number of halogens is 1. The molecule has 0 N–H and O–H groups in total. The number of carbonyl (C=O) groups excluding carboxylic acids is 1. The highest BCUT2D eigenvalue weighted by atomic mass is 79.9. The molecule has 17 heavy (non-hydrogen) atoms. The molecule has 94 valence electrons. The maximum Gasteiger partial charge on any atom is 0.254 e. The molecule has 0 spiro atoms. The Kier molecular flexibility index (Phi) is 4.59. The third-order valence-electron chi connectivity index (χ3n) is 2.95. The summed E-state index contributed by atoms with van der Waals surface area (Å²) in [5.74, 6) is 0.581. The van der Waals surface area contributed by atoms with Crippen molar-refractivity contribution < 1.29 is 9.53 Å². The van der Waals surface area contributed by atoms with Crippen LogP contribution in [0.4, 0.5) is 0 Å². The van der Waals surface area contributed by atoms with Gasteiger partial charge in [-0.15, -0.1) is 11.3 Å². The lowest BCUT2D eigenvalue weighted by atomic mass is 10.0. The molecule has 0 aliphatic carbocycles. The van der Waals surface area contributed by atoms with E-state index in [4.69, 9.17) is 4.74 Å². The van der Waals surface area contributed by atoms with Crippen LogP contribution in [-0.4, -0.2) is 37.6 Å². The molecule has 5 heteroatoms. The van der Waals surface area contributed by atoms with Crippen LogP contribution in [0.1, 0.15) is 23.2 Å². The van der Waals surface area contributed by atoms with Gasteiger partial charge in [-0.1, -0.05) is 0 Å². The first-order chi connectivity index (χ1) is 8.16. The van der Waals surface area contributed by atoms with Crippen molar-refractivity contribution in [1.82, 2.24) is 4.90 Å². The van der Waals surface area contributed by atoms with Crippen LogP contribution in [0, 0.1) is 5.92 Å². The summed E-state index contributed by atoms with van der Waals surface area (Å²) in [6.07, 6.45) is 2.27. The molecule has 1 fully saturated rings. The highest BCUT2D eigenvalue weighted by Crippen LogP contribution is 2.22. The Labute approximate surface area is 114 Å². The molecule has 1 atom stereocenters. The van der Waals surface area contributed by atoms with E-state index in [1.165, 1.54) is 0 Å². The van der Waals surface area contributed by atoms with E-state index >= 15 is 0 Å². The monoisotopic (exact) mass is 317 g/mol. The quantitative estimate of drug-likeness (QED) is 0.857. The van der Waals surface area contributed by atoms with Gasteiger partial charge in [-0.05, 0) is 40.8 Å². The van der Waals surface area contributed by atoms with Crippen molar-refractivity contribution in [2.75, 3.05) is 26.8 Å². The van der Waals surface area contributed by atoms with E-state index < -0.39 is 0 Å². The smallest absolute Gasteiger partial charge is 0.254 e. The van der Waals surface area contributed by atoms with Gasteiger partial charge in [-0.3, -0.25) is 4.79 Å². The summed E-state index contributed by atoms with van der Waals surface area (Å²) in [5, 5.41) is 1.89. The van der Waals surface area contributed by atoms with Crippen molar-refractivity contribution in [2.24, 2.45) is 5.92 Å². The van der Waals surface area contributed by atoms with Gasteiger partial charge in [0.15, 0.2) is 0 Å². The summed E-state index contributed by atoms with van der Waals surface area (Å²) in [5.41, 5.74) is 0.765. The summed E-state index contributed by atoms with van der Waals surface area (Å²) in [6.45, 7) is 2.43. The van der Waals surface area contributed by atoms with Crippen molar-refractivity contribution in [3.05, 3.63) is 20.8 Å². The molecule has 1 aliphatic rings. The Morgan fingerprint density at radius 3 is 3.12 bits per heavy atom. The van der Waals surface area contributed by atoms with Gasteiger partial charge >= 0.3 is 0 Å². The maximum atomic E-state index is 12.1. The number of carbonyl (C=O) groups is 1. The number of rotatable bonds is 3. The second kappa shape index (κ2) is 5.98. The number of amides is 1. The molecule has 0 bridgehead atoms. The molecule has 1 aromatic heterocycles. The molecule has 1 amide bonds. The van der Waals surface area contributed by atoms with Crippen LogP contribution < -0.4 is 0 Å². The van der Waals surface area contributed by atoms with Gasteiger partial charge in [0.1, 0.15) is 0 Å². The lowest BCUT2D eigenvalue weighted by Gasteiger charge is -2.26. The third-order valence-corrected chi connectivity index (χ3v) is 4.45. The van der Waals surface area contributed by atoms with Crippen LogP contribution in [0.3, 0.4) is 0 Å². The first kappa shape index (κ1) is 13.1. The minimum Gasteiger partial charge on any atom is -0.381 e. The van der Waals surface area contributed by atoms with E-state index in [1.807, 2.05) is 18.5 Å². The number of nitrogens with zero attached hydrogens (tertiary/aromatic N) is 1. The first-order valence-corrected chi connectivity index (χ1v) is 7.41. The summed E-state index contributed by atoms with van der Waals surface area (Å²) >= 11 is 4.92. The van der Waals surface area contributed by atoms with Crippen LogP contribution in [0.15, 0.2) is 15.2 Å². The molecule has 1 saturated heterocycles. The molecule has 0 saturated carbocycles. The largest absolute Gasteiger partial charge is 0.381 e. The van der Waals surface area contributed by atoms with Gasteiger partial charge in [0.05, 0.1) is 16.0 Å². The fourth-order valence-electron chi connectivity index (χ4n) is 2.06. The van der Waals surface area contributed by atoms with Crippen molar-refractivity contribution >= 4 is 33.2 Å². The van der Waals surface area contributed by atoms with Crippen LogP contribution in [0.25, 0.3) is 0 Å². The van der Waals surface area contributed by atoms with Gasteiger partial charge in [0, 0.05) is 25.6 Å². The van der Waals surface area contributed by atoms with E-state index in [-0.39, 0.29) is 5.91 Å². The summed E-state index contributed by atoms with van der Waals surface area (Å²) in [4.78, 5) is 13.9. The van der Waals surface area contributed by atoms with Gasteiger partial charge in [0.2, 0.25) is 0 Å². The van der Waals surface area contributed by atoms with Crippen LogP contribution >= 0.6 is 27.3 Å². The van der Waals surface area contributed by atoms with Crippen LogP contribution in [-0.2, 0) is 4.74 Å². The molecule has 3 nitrogen and oxygen atoms in total. The topological polar surface area (TPSA) is 29.5 Å². The highest BCUT2D eigenvalue weighted by molar-refractivity contribution is 9.11. The van der Waals surface area contributed by atoms with Crippen molar-refractivity contribution in [2.45, 2.75) is 12.8 Å². The van der Waals surface area contributed by atoms with Gasteiger partial charge < -0.3 is 9.64 Å². The molecular formula is C12H16BrNO2S. The predicted octanol–water partition coefficient (Wildman–Crippen LogP) is 3.01. The zero-order chi connectivity index (χ0) is 12.3. The second-order valence-electron chi connectivity index (χ2n) is 4.41. The van der Waals surface area contributed by atoms with E-state index in [2.05, 4.69) is 15.9 Å². The van der Waals surface area contributed by atoms with Crippen LogP contribution in [0.2, 0.25) is 0 Å². The number of thiophene rings is 1. The summed E-state index contributed by atoms with van der Waals surface area (Å²) < 4.78 is 6.42. The van der Waals surface area contributed by atoms with E-state index in [1.54, 1.807) is 16.2 Å². The van der Waals surface area contributed by atoms with E-state index in [0.717, 1.165) is 42.0 Å². The third kappa shape index (κ3) is 3.53. The van der Waals surface area contributed by atoms with Gasteiger partial charge in [0.25, 0.3) is 5.91 Å². The minimum absolute atomic E-state index is 0.0949. The van der Waals surface area contributed by atoms with Gasteiger partial charge in [-0.25, -0.2) is 0 Å². The van der Waals surface area contributed by atoms with Crippen LogP contribution in [0.5, 0.6) is 0 Å². The Bertz CT molecular complexity index is 388. The SMILES string of the molecule is CN(CC1CCCOC1)C(=O)c1csc(Br)c1. The van der Waals surface area contributed by atoms with Gasteiger partial charge in [-0.2, -0.15) is 0 Å².